The number of carbonyl (C=O) groups is 2. The fraction of sp³-hybridized carbons (Fsp3) is 0.429. The highest BCUT2D eigenvalue weighted by molar-refractivity contribution is 6.05. The van der Waals surface area contributed by atoms with Crippen molar-refractivity contribution in [2.45, 2.75) is 32.4 Å². The Bertz CT molecular complexity index is 467. The lowest BCUT2D eigenvalue weighted by Gasteiger charge is -2.18. The molecule has 1 unspecified atom stereocenters. The molecule has 1 aromatic carbocycles. The highest BCUT2D eigenvalue weighted by Gasteiger charge is 2.36. The first-order chi connectivity index (χ1) is 8.49. The zero-order chi connectivity index (χ0) is 13.3. The van der Waals surface area contributed by atoms with Crippen LogP contribution in [0.4, 0.5) is 0 Å². The van der Waals surface area contributed by atoms with Crippen LogP contribution in [0.1, 0.15) is 30.5 Å². The van der Waals surface area contributed by atoms with Gasteiger partial charge >= 0.3 is 0 Å². The molecule has 1 aromatic rings. The summed E-state index contributed by atoms with van der Waals surface area (Å²) >= 11 is 0. The van der Waals surface area contributed by atoms with Crippen LogP contribution in [0.3, 0.4) is 0 Å². The zero-order valence-electron chi connectivity index (χ0n) is 10.9. The standard InChI is InChI=1S/C14H18N2O2/c1-9-4-6-11(7-5-9)10(2)15-12-8-13(17)16(3)14(12)18/h4-7,10,12,15H,8H2,1-3H3/t10-,12?/m0/s1. The van der Waals surface area contributed by atoms with E-state index in [4.69, 9.17) is 0 Å². The van der Waals surface area contributed by atoms with Gasteiger partial charge in [-0.05, 0) is 19.4 Å². The van der Waals surface area contributed by atoms with Gasteiger partial charge in [0.2, 0.25) is 11.8 Å². The van der Waals surface area contributed by atoms with Gasteiger partial charge in [-0.3, -0.25) is 19.8 Å². The van der Waals surface area contributed by atoms with Crippen molar-refractivity contribution in [3.63, 3.8) is 0 Å². The van der Waals surface area contributed by atoms with Crippen molar-refractivity contribution in [3.8, 4) is 0 Å². The number of hydrogen-bond acceptors (Lipinski definition) is 3. The van der Waals surface area contributed by atoms with E-state index in [0.717, 1.165) is 5.56 Å². The molecule has 1 saturated heterocycles. The molecule has 0 spiro atoms. The second-order valence-electron chi connectivity index (χ2n) is 4.85. The first kappa shape index (κ1) is 12.8. The number of benzene rings is 1. The van der Waals surface area contributed by atoms with Crippen molar-refractivity contribution in [1.29, 1.82) is 0 Å². The molecule has 96 valence electrons. The lowest BCUT2D eigenvalue weighted by molar-refractivity contribution is -0.137. The Kier molecular flexibility index (Phi) is 3.48. The van der Waals surface area contributed by atoms with Crippen LogP contribution in [0.25, 0.3) is 0 Å². The highest BCUT2D eigenvalue weighted by Crippen LogP contribution is 2.18. The van der Waals surface area contributed by atoms with Crippen LogP contribution in [-0.4, -0.2) is 29.8 Å². The number of nitrogens with zero attached hydrogens (tertiary/aromatic N) is 1. The maximum absolute atomic E-state index is 11.8. The number of amides is 2. The molecule has 1 heterocycles. The predicted molar refractivity (Wildman–Crippen MR) is 68.9 cm³/mol. The molecule has 2 atom stereocenters. The predicted octanol–water partition coefficient (Wildman–Crippen LogP) is 1.40. The summed E-state index contributed by atoms with van der Waals surface area (Å²) in [6.45, 7) is 4.04. The van der Waals surface area contributed by atoms with Crippen LogP contribution in [0.15, 0.2) is 24.3 Å². The molecule has 0 radical (unpaired) electrons. The summed E-state index contributed by atoms with van der Waals surface area (Å²) in [5.41, 5.74) is 2.33. The molecule has 0 aliphatic carbocycles. The molecular formula is C14H18N2O2. The maximum Gasteiger partial charge on any atom is 0.246 e. The summed E-state index contributed by atoms with van der Waals surface area (Å²) in [5.74, 6) is -0.257. The van der Waals surface area contributed by atoms with Gasteiger partial charge < -0.3 is 0 Å². The second-order valence-corrected chi connectivity index (χ2v) is 4.85. The summed E-state index contributed by atoms with van der Waals surface area (Å²) < 4.78 is 0. The van der Waals surface area contributed by atoms with Crippen molar-refractivity contribution in [3.05, 3.63) is 35.4 Å². The Morgan fingerprint density at radius 3 is 2.39 bits per heavy atom. The number of hydrogen-bond donors (Lipinski definition) is 1. The van der Waals surface area contributed by atoms with Crippen molar-refractivity contribution in [2.75, 3.05) is 7.05 Å². The topological polar surface area (TPSA) is 49.4 Å². The average Bonchev–Trinajstić information content (AvgIpc) is 2.58. The molecule has 18 heavy (non-hydrogen) atoms. The Morgan fingerprint density at radius 2 is 1.89 bits per heavy atom. The van der Waals surface area contributed by atoms with Crippen molar-refractivity contribution in [2.24, 2.45) is 0 Å². The van der Waals surface area contributed by atoms with Crippen molar-refractivity contribution >= 4 is 11.8 Å². The molecule has 0 aromatic heterocycles. The number of aryl methyl sites for hydroxylation is 1. The van der Waals surface area contributed by atoms with Crippen LogP contribution in [-0.2, 0) is 9.59 Å². The highest BCUT2D eigenvalue weighted by atomic mass is 16.2. The monoisotopic (exact) mass is 246 g/mol. The minimum absolute atomic E-state index is 0.0545. The van der Waals surface area contributed by atoms with E-state index in [-0.39, 0.29) is 30.3 Å². The number of likely N-dealkylation sites (tertiary alicyclic amines) is 1. The summed E-state index contributed by atoms with van der Waals surface area (Å²) in [4.78, 5) is 24.4. The van der Waals surface area contributed by atoms with E-state index < -0.39 is 0 Å². The van der Waals surface area contributed by atoms with Crippen molar-refractivity contribution in [1.82, 2.24) is 10.2 Å². The number of carbonyl (C=O) groups excluding carboxylic acids is 2. The molecule has 2 rings (SSSR count). The van der Waals surface area contributed by atoms with Gasteiger partial charge in [0, 0.05) is 13.1 Å². The first-order valence-electron chi connectivity index (χ1n) is 6.12. The SMILES string of the molecule is Cc1ccc([C@H](C)NC2CC(=O)N(C)C2=O)cc1. The van der Waals surface area contributed by atoms with E-state index in [2.05, 4.69) is 5.32 Å². The third kappa shape index (κ3) is 2.43. The second kappa shape index (κ2) is 4.90. The van der Waals surface area contributed by atoms with Gasteiger partial charge in [-0.25, -0.2) is 0 Å². The van der Waals surface area contributed by atoms with E-state index in [0.29, 0.717) is 0 Å². The lowest BCUT2D eigenvalue weighted by Crippen LogP contribution is -2.38. The Morgan fingerprint density at radius 1 is 1.28 bits per heavy atom. The van der Waals surface area contributed by atoms with E-state index in [1.165, 1.54) is 17.5 Å². The van der Waals surface area contributed by atoms with Gasteiger partial charge in [0.1, 0.15) is 0 Å². The fourth-order valence-electron chi connectivity index (χ4n) is 2.14. The van der Waals surface area contributed by atoms with Gasteiger partial charge in [-0.1, -0.05) is 29.8 Å². The minimum Gasteiger partial charge on any atom is -0.299 e. The minimum atomic E-state index is -0.390. The Balaban J connectivity index is 2.04. The van der Waals surface area contributed by atoms with E-state index in [1.54, 1.807) is 0 Å². The van der Waals surface area contributed by atoms with Crippen molar-refractivity contribution < 1.29 is 9.59 Å². The van der Waals surface area contributed by atoms with Gasteiger partial charge in [-0.2, -0.15) is 0 Å². The Hall–Kier alpha value is -1.68. The van der Waals surface area contributed by atoms with E-state index in [9.17, 15) is 9.59 Å². The molecule has 0 bridgehead atoms. The molecule has 1 aliphatic heterocycles. The molecule has 4 nitrogen and oxygen atoms in total. The van der Waals surface area contributed by atoms with Gasteiger partial charge in [0.05, 0.1) is 12.5 Å². The summed E-state index contributed by atoms with van der Waals surface area (Å²) in [6, 6.07) is 7.83. The number of imide groups is 1. The van der Waals surface area contributed by atoms with E-state index in [1.807, 2.05) is 38.1 Å². The maximum atomic E-state index is 11.8. The Labute approximate surface area is 107 Å². The fourth-order valence-corrected chi connectivity index (χ4v) is 2.14. The number of likely N-dealkylation sites (N-methyl/N-ethyl adjacent to an activating group) is 1. The molecule has 2 amide bonds. The lowest BCUT2D eigenvalue weighted by atomic mass is 10.1. The summed E-state index contributed by atoms with van der Waals surface area (Å²) in [6.07, 6.45) is 0.255. The molecule has 4 heteroatoms. The smallest absolute Gasteiger partial charge is 0.246 e. The van der Waals surface area contributed by atoms with Crippen LogP contribution in [0, 0.1) is 6.92 Å². The van der Waals surface area contributed by atoms with Crippen LogP contribution < -0.4 is 5.32 Å². The summed E-state index contributed by atoms with van der Waals surface area (Å²) in [5, 5.41) is 3.21. The number of rotatable bonds is 3. The zero-order valence-corrected chi connectivity index (χ0v) is 10.9. The van der Waals surface area contributed by atoms with E-state index >= 15 is 0 Å². The van der Waals surface area contributed by atoms with Crippen LogP contribution in [0.2, 0.25) is 0 Å². The van der Waals surface area contributed by atoms with Gasteiger partial charge in [0.15, 0.2) is 0 Å². The molecular weight excluding hydrogens is 228 g/mol. The third-order valence-corrected chi connectivity index (χ3v) is 3.41. The first-order valence-corrected chi connectivity index (χ1v) is 6.12. The molecule has 1 N–H and O–H groups in total. The van der Waals surface area contributed by atoms with Crippen LogP contribution >= 0.6 is 0 Å². The van der Waals surface area contributed by atoms with Gasteiger partial charge in [0.25, 0.3) is 0 Å². The molecule has 0 saturated carbocycles. The molecule has 1 aliphatic rings. The quantitative estimate of drug-likeness (QED) is 0.820. The molecule has 1 fully saturated rings. The van der Waals surface area contributed by atoms with Gasteiger partial charge in [-0.15, -0.1) is 0 Å². The number of nitrogens with one attached hydrogen (secondary N) is 1. The third-order valence-electron chi connectivity index (χ3n) is 3.41. The largest absolute Gasteiger partial charge is 0.299 e. The summed E-state index contributed by atoms with van der Waals surface area (Å²) in [7, 11) is 1.53. The normalized spacial score (nSPS) is 21.5. The van der Waals surface area contributed by atoms with Crippen LogP contribution in [0.5, 0.6) is 0 Å². The average molecular weight is 246 g/mol.